The van der Waals surface area contributed by atoms with Crippen molar-refractivity contribution in [2.75, 3.05) is 16.8 Å². The molecule has 0 spiro atoms. The van der Waals surface area contributed by atoms with Crippen molar-refractivity contribution in [2.24, 2.45) is 0 Å². The monoisotopic (exact) mass is 487 g/mol. The number of fused-ring (bicyclic) bond motifs is 2. The minimum Gasteiger partial charge on any atom is -0.459 e. The maximum atomic E-state index is 13.2. The molecule has 2 aromatic carbocycles. The highest BCUT2D eigenvalue weighted by atomic mass is 16.5. The number of benzene rings is 2. The number of furan rings is 1. The van der Waals surface area contributed by atoms with Crippen LogP contribution in [0.4, 0.5) is 11.4 Å². The van der Waals surface area contributed by atoms with Crippen LogP contribution in [0.5, 0.6) is 0 Å². The average molecular weight is 488 g/mol. The van der Waals surface area contributed by atoms with Crippen molar-refractivity contribution >= 4 is 35.1 Å². The number of nitrogens with zero attached hydrogens (tertiary/aromatic N) is 2. The first kappa shape index (κ1) is 23.3. The number of rotatable bonds is 4. The topological polar surface area (TPSA) is 109 Å². The molecular weight excluding hydrogens is 462 g/mol. The van der Waals surface area contributed by atoms with Gasteiger partial charge in [-0.05, 0) is 42.3 Å². The predicted molar refractivity (Wildman–Crippen MR) is 130 cm³/mol. The Morgan fingerprint density at radius 1 is 1.00 bits per heavy atom. The van der Waals surface area contributed by atoms with Gasteiger partial charge in [-0.15, -0.1) is 0 Å². The van der Waals surface area contributed by atoms with Gasteiger partial charge in [-0.25, -0.2) is 4.79 Å². The highest BCUT2D eigenvalue weighted by Gasteiger charge is 2.38. The van der Waals surface area contributed by atoms with Crippen molar-refractivity contribution in [3.05, 3.63) is 83.8 Å². The quantitative estimate of drug-likeness (QED) is 0.567. The lowest BCUT2D eigenvalue weighted by Crippen LogP contribution is -2.50. The first-order chi connectivity index (χ1) is 17.4. The standard InChI is InChI=1S/C27H25N3O6/c1-17-13-24(31)28-20-9-4-5-10-21(20)30(17)25(32)16-36-27(34)22-14-18-7-2-3-8-19(18)15-29(22)26(33)23-11-6-12-35-23/h2-12,17,22H,13-16H2,1H3,(H,28,31)/t17?,22-/m0/s1. The molecule has 1 unspecified atom stereocenters. The van der Waals surface area contributed by atoms with Gasteiger partial charge in [0.15, 0.2) is 12.4 Å². The molecule has 0 saturated carbocycles. The number of nitrogens with one attached hydrogen (secondary N) is 1. The van der Waals surface area contributed by atoms with Gasteiger partial charge in [0, 0.05) is 25.4 Å². The van der Waals surface area contributed by atoms with Gasteiger partial charge < -0.3 is 24.3 Å². The zero-order chi connectivity index (χ0) is 25.2. The van der Waals surface area contributed by atoms with Crippen LogP contribution in [0.15, 0.2) is 71.3 Å². The van der Waals surface area contributed by atoms with Crippen LogP contribution >= 0.6 is 0 Å². The Morgan fingerprint density at radius 3 is 2.53 bits per heavy atom. The van der Waals surface area contributed by atoms with E-state index in [1.54, 1.807) is 43.3 Å². The molecule has 2 atom stereocenters. The van der Waals surface area contributed by atoms with E-state index in [9.17, 15) is 19.2 Å². The molecule has 5 rings (SSSR count). The number of hydrogen-bond donors (Lipinski definition) is 1. The summed E-state index contributed by atoms with van der Waals surface area (Å²) in [6.07, 6.45) is 1.77. The van der Waals surface area contributed by atoms with Gasteiger partial charge in [0.2, 0.25) is 5.91 Å². The molecule has 3 amide bonds. The summed E-state index contributed by atoms with van der Waals surface area (Å²) in [5.41, 5.74) is 2.93. The van der Waals surface area contributed by atoms with E-state index in [4.69, 9.17) is 9.15 Å². The Hall–Kier alpha value is -4.40. The largest absolute Gasteiger partial charge is 0.459 e. The smallest absolute Gasteiger partial charge is 0.329 e. The van der Waals surface area contributed by atoms with Crippen molar-refractivity contribution in [1.82, 2.24) is 4.90 Å². The van der Waals surface area contributed by atoms with Gasteiger partial charge >= 0.3 is 5.97 Å². The second-order valence-corrected chi connectivity index (χ2v) is 8.89. The molecule has 9 nitrogen and oxygen atoms in total. The SMILES string of the molecule is CC1CC(=O)Nc2ccccc2N1C(=O)COC(=O)[C@@H]1Cc2ccccc2CN1C(=O)c1ccco1. The normalized spacial score (nSPS) is 19.0. The molecule has 0 fully saturated rings. The van der Waals surface area contributed by atoms with E-state index in [-0.39, 0.29) is 31.1 Å². The van der Waals surface area contributed by atoms with E-state index >= 15 is 0 Å². The molecule has 3 aromatic rings. The number of carbonyl (C=O) groups is 4. The number of hydrogen-bond acceptors (Lipinski definition) is 6. The second-order valence-electron chi connectivity index (χ2n) is 8.89. The van der Waals surface area contributed by atoms with Crippen molar-refractivity contribution in [2.45, 2.75) is 38.4 Å². The lowest BCUT2D eigenvalue weighted by molar-refractivity contribution is -0.153. The molecule has 0 bridgehead atoms. The fourth-order valence-electron chi connectivity index (χ4n) is 4.76. The van der Waals surface area contributed by atoms with Gasteiger partial charge in [-0.1, -0.05) is 36.4 Å². The van der Waals surface area contributed by atoms with Crippen LogP contribution in [0.3, 0.4) is 0 Å². The first-order valence-corrected chi connectivity index (χ1v) is 11.7. The third-order valence-corrected chi connectivity index (χ3v) is 6.48. The molecule has 3 heterocycles. The van der Waals surface area contributed by atoms with Crippen LogP contribution < -0.4 is 10.2 Å². The maximum Gasteiger partial charge on any atom is 0.329 e. The number of ether oxygens (including phenoxy) is 1. The lowest BCUT2D eigenvalue weighted by Gasteiger charge is -2.35. The molecule has 2 aliphatic rings. The van der Waals surface area contributed by atoms with E-state index in [1.807, 2.05) is 24.3 Å². The molecule has 1 N–H and O–H groups in total. The molecule has 9 heteroatoms. The summed E-state index contributed by atoms with van der Waals surface area (Å²) in [6.45, 7) is 1.46. The van der Waals surface area contributed by atoms with Crippen LogP contribution in [-0.2, 0) is 32.1 Å². The molecule has 0 radical (unpaired) electrons. The summed E-state index contributed by atoms with van der Waals surface area (Å²) >= 11 is 0. The van der Waals surface area contributed by atoms with E-state index in [2.05, 4.69) is 5.32 Å². The summed E-state index contributed by atoms with van der Waals surface area (Å²) in [5.74, 6) is -1.64. The number of anilines is 2. The highest BCUT2D eigenvalue weighted by Crippen LogP contribution is 2.31. The molecule has 0 saturated heterocycles. The maximum absolute atomic E-state index is 13.2. The average Bonchev–Trinajstić information content (AvgIpc) is 3.38. The van der Waals surface area contributed by atoms with Gasteiger partial charge in [0.1, 0.15) is 6.04 Å². The zero-order valence-electron chi connectivity index (χ0n) is 19.7. The van der Waals surface area contributed by atoms with E-state index in [1.165, 1.54) is 16.1 Å². The number of esters is 1. The zero-order valence-corrected chi connectivity index (χ0v) is 19.7. The fourth-order valence-corrected chi connectivity index (χ4v) is 4.76. The van der Waals surface area contributed by atoms with E-state index < -0.39 is 36.5 Å². The molecule has 184 valence electrons. The Kier molecular flexibility index (Phi) is 6.28. The summed E-state index contributed by atoms with van der Waals surface area (Å²) in [6, 6.07) is 16.4. The van der Waals surface area contributed by atoms with Gasteiger partial charge in [0.25, 0.3) is 11.8 Å². The molecule has 2 aliphatic heterocycles. The number of amides is 3. The fraction of sp³-hybridized carbons (Fsp3) is 0.259. The van der Waals surface area contributed by atoms with Crippen molar-refractivity contribution in [3.63, 3.8) is 0 Å². The van der Waals surface area contributed by atoms with Crippen LogP contribution in [0.1, 0.15) is 35.0 Å². The lowest BCUT2D eigenvalue weighted by atomic mass is 9.93. The van der Waals surface area contributed by atoms with Gasteiger partial charge in [0.05, 0.1) is 17.6 Å². The van der Waals surface area contributed by atoms with Crippen molar-refractivity contribution in [3.8, 4) is 0 Å². The third-order valence-electron chi connectivity index (χ3n) is 6.48. The van der Waals surface area contributed by atoms with E-state index in [0.717, 1.165) is 11.1 Å². The summed E-state index contributed by atoms with van der Waals surface area (Å²) in [5, 5.41) is 2.80. The van der Waals surface area contributed by atoms with Gasteiger partial charge in [-0.3, -0.25) is 14.4 Å². The first-order valence-electron chi connectivity index (χ1n) is 11.7. The minimum absolute atomic E-state index is 0.110. The summed E-state index contributed by atoms with van der Waals surface area (Å²) in [4.78, 5) is 54.7. The number of para-hydroxylation sites is 2. The Balaban J connectivity index is 1.35. The van der Waals surface area contributed by atoms with Crippen LogP contribution in [0.2, 0.25) is 0 Å². The molecular formula is C27H25N3O6. The Labute approximate surface area is 207 Å². The van der Waals surface area contributed by atoms with Crippen molar-refractivity contribution < 1.29 is 28.3 Å². The van der Waals surface area contributed by atoms with Crippen LogP contribution in [0.25, 0.3) is 0 Å². The predicted octanol–water partition coefficient (Wildman–Crippen LogP) is 3.15. The summed E-state index contributed by atoms with van der Waals surface area (Å²) in [7, 11) is 0. The van der Waals surface area contributed by atoms with Crippen LogP contribution in [0, 0.1) is 0 Å². The van der Waals surface area contributed by atoms with Crippen molar-refractivity contribution in [1.29, 1.82) is 0 Å². The summed E-state index contributed by atoms with van der Waals surface area (Å²) < 4.78 is 10.8. The minimum atomic E-state index is -0.914. The second kappa shape index (κ2) is 9.69. The molecule has 36 heavy (non-hydrogen) atoms. The molecule has 1 aromatic heterocycles. The Morgan fingerprint density at radius 2 is 1.75 bits per heavy atom. The Bertz CT molecular complexity index is 1320. The number of carbonyl (C=O) groups excluding carboxylic acids is 4. The van der Waals surface area contributed by atoms with E-state index in [0.29, 0.717) is 11.4 Å². The van der Waals surface area contributed by atoms with Crippen LogP contribution in [-0.4, -0.2) is 47.3 Å². The van der Waals surface area contributed by atoms with Gasteiger partial charge in [-0.2, -0.15) is 0 Å². The molecule has 0 aliphatic carbocycles. The third kappa shape index (κ3) is 4.47. The highest BCUT2D eigenvalue weighted by molar-refractivity contribution is 6.05.